The topological polar surface area (TPSA) is 87.6 Å². The van der Waals surface area contributed by atoms with Crippen molar-refractivity contribution < 1.29 is 0 Å². The zero-order chi connectivity index (χ0) is 10.8. The molecule has 2 aromatic rings. The van der Waals surface area contributed by atoms with Crippen LogP contribution in [0.25, 0.3) is 11.0 Å². The molecule has 0 atom stereocenters. The monoisotopic (exact) mass is 202 g/mol. The van der Waals surface area contributed by atoms with Gasteiger partial charge in [-0.25, -0.2) is 0 Å². The lowest BCUT2D eigenvalue weighted by Crippen LogP contribution is -2.09. The van der Waals surface area contributed by atoms with Crippen LogP contribution in [0, 0.1) is 12.3 Å². The van der Waals surface area contributed by atoms with Gasteiger partial charge in [-0.05, 0) is 12.5 Å². The minimum absolute atomic E-state index is 0.109. The van der Waals surface area contributed by atoms with Gasteiger partial charge in [0.2, 0.25) is 5.95 Å². The molecule has 0 bridgehead atoms. The van der Waals surface area contributed by atoms with E-state index in [1.807, 2.05) is 0 Å². The first kappa shape index (κ1) is 9.34. The van der Waals surface area contributed by atoms with Crippen LogP contribution >= 0.6 is 0 Å². The second kappa shape index (κ2) is 3.50. The quantitative estimate of drug-likeness (QED) is 0.616. The molecule has 0 aliphatic heterocycles. The largest absolute Gasteiger partial charge is 0.369 e. The average Bonchev–Trinajstić information content (AvgIpc) is 2.57. The summed E-state index contributed by atoms with van der Waals surface area (Å²) in [4.78, 5) is 20.9. The van der Waals surface area contributed by atoms with Gasteiger partial charge in [0.05, 0.1) is 5.39 Å². The zero-order valence-corrected chi connectivity index (χ0v) is 8.00. The Kier molecular flexibility index (Phi) is 2.18. The summed E-state index contributed by atoms with van der Waals surface area (Å²) >= 11 is 0. The van der Waals surface area contributed by atoms with Crippen LogP contribution in [0.15, 0.2) is 10.9 Å². The Hall–Kier alpha value is -2.22. The predicted molar refractivity (Wildman–Crippen MR) is 58.3 cm³/mol. The lowest BCUT2D eigenvalue weighted by molar-refractivity contribution is 0.983. The van der Waals surface area contributed by atoms with E-state index in [0.717, 1.165) is 5.69 Å². The Morgan fingerprint density at radius 2 is 2.33 bits per heavy atom. The van der Waals surface area contributed by atoms with Gasteiger partial charge < -0.3 is 10.7 Å². The Bertz CT molecular complexity index is 587. The van der Waals surface area contributed by atoms with Crippen LogP contribution in [0.4, 0.5) is 5.95 Å². The molecule has 0 radical (unpaired) electrons. The summed E-state index contributed by atoms with van der Waals surface area (Å²) in [6, 6.07) is 1.75. The molecule has 2 rings (SSSR count). The van der Waals surface area contributed by atoms with Crippen molar-refractivity contribution >= 4 is 17.0 Å². The Balaban J connectivity index is 2.52. The van der Waals surface area contributed by atoms with Crippen LogP contribution in [0.3, 0.4) is 0 Å². The molecule has 0 aliphatic carbocycles. The number of nitrogens with two attached hydrogens (primary N) is 1. The lowest BCUT2D eigenvalue weighted by Gasteiger charge is -1.91. The number of rotatable bonds is 2. The molecule has 0 spiro atoms. The minimum atomic E-state index is -0.235. The normalized spacial score (nSPS) is 10.3. The zero-order valence-electron chi connectivity index (χ0n) is 8.00. The van der Waals surface area contributed by atoms with Crippen LogP contribution in [0.1, 0.15) is 12.1 Å². The van der Waals surface area contributed by atoms with E-state index in [0.29, 0.717) is 23.9 Å². The standard InChI is InChI=1S/C10H10N4O/c1-2-3-4-6-5-7-8(12-6)13-10(11)14-9(7)15/h1,5H,3-4H2,(H4,11,12,13,14,15). The molecule has 2 heterocycles. The van der Waals surface area contributed by atoms with E-state index in [1.54, 1.807) is 6.07 Å². The van der Waals surface area contributed by atoms with Gasteiger partial charge >= 0.3 is 0 Å². The number of anilines is 1. The second-order valence-electron chi connectivity index (χ2n) is 3.21. The summed E-state index contributed by atoms with van der Waals surface area (Å²) in [6.45, 7) is 0. The third kappa shape index (κ3) is 1.70. The van der Waals surface area contributed by atoms with Crippen LogP contribution in [0.2, 0.25) is 0 Å². The summed E-state index contributed by atoms with van der Waals surface area (Å²) in [6.07, 6.45) is 6.48. The molecule has 0 fully saturated rings. The molecule has 4 N–H and O–H groups in total. The third-order valence-electron chi connectivity index (χ3n) is 2.11. The maximum Gasteiger partial charge on any atom is 0.261 e. The van der Waals surface area contributed by atoms with Crippen molar-refractivity contribution in [3.63, 3.8) is 0 Å². The van der Waals surface area contributed by atoms with Crippen molar-refractivity contribution in [2.75, 3.05) is 5.73 Å². The molecule has 0 amide bonds. The number of fused-ring (bicyclic) bond motifs is 1. The molecule has 0 saturated carbocycles. The van der Waals surface area contributed by atoms with E-state index in [4.69, 9.17) is 12.2 Å². The molecular weight excluding hydrogens is 192 g/mol. The number of aryl methyl sites for hydroxylation is 1. The van der Waals surface area contributed by atoms with E-state index in [2.05, 4.69) is 20.9 Å². The first-order valence-corrected chi connectivity index (χ1v) is 4.51. The number of terminal acetylenes is 1. The maximum atomic E-state index is 11.5. The van der Waals surface area contributed by atoms with Crippen molar-refractivity contribution in [1.29, 1.82) is 0 Å². The van der Waals surface area contributed by atoms with Crippen molar-refractivity contribution in [1.82, 2.24) is 15.0 Å². The highest BCUT2D eigenvalue weighted by Gasteiger charge is 2.05. The molecular formula is C10H10N4O. The highest BCUT2D eigenvalue weighted by atomic mass is 16.1. The van der Waals surface area contributed by atoms with Crippen molar-refractivity contribution in [3.05, 3.63) is 22.1 Å². The number of hydrogen-bond acceptors (Lipinski definition) is 3. The number of aromatic nitrogens is 3. The third-order valence-corrected chi connectivity index (χ3v) is 2.11. The number of hydrogen-bond donors (Lipinski definition) is 3. The van der Waals surface area contributed by atoms with Crippen LogP contribution < -0.4 is 11.3 Å². The first-order chi connectivity index (χ1) is 7.20. The molecule has 0 unspecified atom stereocenters. The Morgan fingerprint density at radius 3 is 3.07 bits per heavy atom. The minimum Gasteiger partial charge on any atom is -0.369 e. The smallest absolute Gasteiger partial charge is 0.261 e. The molecule has 5 nitrogen and oxygen atoms in total. The van der Waals surface area contributed by atoms with E-state index < -0.39 is 0 Å². The molecule has 5 heteroatoms. The summed E-state index contributed by atoms with van der Waals surface area (Å²) < 4.78 is 0. The number of nitrogens with one attached hydrogen (secondary N) is 2. The van der Waals surface area contributed by atoms with Gasteiger partial charge in [-0.1, -0.05) is 0 Å². The predicted octanol–water partition coefficient (Wildman–Crippen LogP) is 0.399. The van der Waals surface area contributed by atoms with Crippen LogP contribution in [-0.4, -0.2) is 15.0 Å². The van der Waals surface area contributed by atoms with Gasteiger partial charge in [-0.15, -0.1) is 12.3 Å². The fraction of sp³-hybridized carbons (Fsp3) is 0.200. The number of nitrogen functional groups attached to an aromatic ring is 1. The van der Waals surface area contributed by atoms with Gasteiger partial charge in [0.15, 0.2) is 0 Å². The lowest BCUT2D eigenvalue weighted by atomic mass is 10.2. The van der Waals surface area contributed by atoms with Crippen molar-refractivity contribution in [3.8, 4) is 12.3 Å². The number of H-pyrrole nitrogens is 2. The molecule has 0 saturated heterocycles. The van der Waals surface area contributed by atoms with E-state index >= 15 is 0 Å². The van der Waals surface area contributed by atoms with E-state index in [1.165, 1.54) is 0 Å². The Morgan fingerprint density at radius 1 is 1.53 bits per heavy atom. The molecule has 15 heavy (non-hydrogen) atoms. The molecule has 2 aromatic heterocycles. The van der Waals surface area contributed by atoms with Gasteiger partial charge in [0.25, 0.3) is 5.56 Å². The maximum absolute atomic E-state index is 11.5. The SMILES string of the molecule is C#CCCc1cc2c(=O)[nH]c(N)nc2[nH]1. The van der Waals surface area contributed by atoms with Crippen LogP contribution in [0.5, 0.6) is 0 Å². The summed E-state index contributed by atoms with van der Waals surface area (Å²) in [5, 5.41) is 0.510. The van der Waals surface area contributed by atoms with Gasteiger partial charge in [-0.2, -0.15) is 4.98 Å². The summed E-state index contributed by atoms with van der Waals surface area (Å²) in [7, 11) is 0. The number of aromatic amines is 2. The van der Waals surface area contributed by atoms with E-state index in [-0.39, 0.29) is 11.5 Å². The number of nitrogens with zero attached hydrogens (tertiary/aromatic N) is 1. The second-order valence-corrected chi connectivity index (χ2v) is 3.21. The van der Waals surface area contributed by atoms with Gasteiger partial charge in [0.1, 0.15) is 5.65 Å². The molecule has 76 valence electrons. The highest BCUT2D eigenvalue weighted by Crippen LogP contribution is 2.10. The summed E-state index contributed by atoms with van der Waals surface area (Å²) in [5.74, 6) is 2.64. The molecule has 0 aromatic carbocycles. The van der Waals surface area contributed by atoms with Crippen LogP contribution in [-0.2, 0) is 6.42 Å². The molecule has 0 aliphatic rings. The summed E-state index contributed by atoms with van der Waals surface area (Å²) in [5.41, 5.74) is 6.58. The van der Waals surface area contributed by atoms with E-state index in [9.17, 15) is 4.79 Å². The van der Waals surface area contributed by atoms with Gasteiger partial charge in [-0.3, -0.25) is 9.78 Å². The first-order valence-electron chi connectivity index (χ1n) is 4.51. The average molecular weight is 202 g/mol. The van der Waals surface area contributed by atoms with Crippen molar-refractivity contribution in [2.45, 2.75) is 12.8 Å². The fourth-order valence-electron chi connectivity index (χ4n) is 1.43. The highest BCUT2D eigenvalue weighted by molar-refractivity contribution is 5.76. The van der Waals surface area contributed by atoms with Gasteiger partial charge in [0, 0.05) is 12.1 Å². The Labute approximate surface area is 85.7 Å². The van der Waals surface area contributed by atoms with Crippen molar-refractivity contribution in [2.24, 2.45) is 0 Å². The fourth-order valence-corrected chi connectivity index (χ4v) is 1.43.